The lowest BCUT2D eigenvalue weighted by molar-refractivity contribution is -0.301. The molecule has 99 heavy (non-hydrogen) atoms. The Labute approximate surface area is 572 Å². The Morgan fingerprint density at radius 2 is 1.03 bits per heavy atom. The summed E-state index contributed by atoms with van der Waals surface area (Å²) in [6, 6.07) is 28.5. The maximum atomic E-state index is 15.0. The number of anilines is 2. The van der Waals surface area contributed by atoms with E-state index in [4.69, 9.17) is 47.4 Å². The number of carbonyl (C=O) groups excluding carboxylic acids is 4. The standard InChI is InChI=1S/C72H88F6N6O15/c1-7-9-10-11-12-20-62(86)82-58(15-8-2)67(87)83-63(59(85)44-94-40-46-21-29-54(90-3)30-22-46)60(39-79-69(88)80-52-18-13-16-50(37-52)71(73,74)75)98-68-64(84-70(89)81-53-19-14-17-51(38-53)72(76,77)78)66(97-43-49-27-35-57(93-6)36-28-49)65(96-42-48-25-33-56(92-5)34-26-48)61(99-68)45-95-41-47-23-31-55(91-4)32-24-47/h13-14,16-19,21-38,58-61,63-66,68,85H,7-12,15,20,39-45H2,1-6H3,(H,82,86)(H,83,87)(H2,79,80,88)(H2,81,84,89)/t58?,59?,60-,61?,63+,64?,65+,66-,68-/m1/s1. The van der Waals surface area contributed by atoms with Crippen molar-refractivity contribution in [2.24, 2.45) is 0 Å². The van der Waals surface area contributed by atoms with Gasteiger partial charge in [-0.2, -0.15) is 26.3 Å². The third kappa shape index (κ3) is 25.2. The van der Waals surface area contributed by atoms with Crippen molar-refractivity contribution in [2.45, 2.75) is 159 Å². The van der Waals surface area contributed by atoms with Crippen molar-refractivity contribution in [3.8, 4) is 23.0 Å². The molecule has 7 rings (SSSR count). The summed E-state index contributed by atoms with van der Waals surface area (Å²) in [5.74, 6) is 0.955. The van der Waals surface area contributed by atoms with Crippen molar-refractivity contribution in [1.29, 1.82) is 0 Å². The van der Waals surface area contributed by atoms with Crippen molar-refractivity contribution in [2.75, 3.05) is 58.8 Å². The minimum atomic E-state index is -4.82. The van der Waals surface area contributed by atoms with Gasteiger partial charge in [-0.25, -0.2) is 9.59 Å². The van der Waals surface area contributed by atoms with E-state index in [-0.39, 0.29) is 57.3 Å². The molecule has 27 heteroatoms. The first kappa shape index (κ1) is 77.6. The lowest BCUT2D eigenvalue weighted by Crippen LogP contribution is -2.68. The summed E-state index contributed by atoms with van der Waals surface area (Å²) >= 11 is 0. The van der Waals surface area contributed by atoms with Crippen molar-refractivity contribution in [3.63, 3.8) is 0 Å². The second kappa shape index (κ2) is 39.2. The molecule has 6 amide bonds. The molecule has 4 unspecified atom stereocenters. The molecule has 6 aromatic carbocycles. The zero-order valence-electron chi connectivity index (χ0n) is 56.1. The van der Waals surface area contributed by atoms with E-state index in [9.17, 15) is 45.8 Å². The third-order valence-electron chi connectivity index (χ3n) is 16.1. The lowest BCUT2D eigenvalue weighted by Gasteiger charge is -2.47. The van der Waals surface area contributed by atoms with E-state index in [0.29, 0.717) is 64.2 Å². The number of nitrogens with one attached hydrogen (secondary N) is 6. The Bertz CT molecular complexity index is 3430. The molecule has 0 spiro atoms. The molecular weight excluding hydrogens is 1300 g/mol. The highest BCUT2D eigenvalue weighted by molar-refractivity contribution is 5.90. The molecule has 0 saturated carbocycles. The number of benzene rings is 6. The quantitative estimate of drug-likeness (QED) is 0.0141. The van der Waals surface area contributed by atoms with Gasteiger partial charge in [0.2, 0.25) is 11.8 Å². The number of carbonyl (C=O) groups is 4. The van der Waals surface area contributed by atoms with Gasteiger partial charge in [-0.1, -0.05) is 107 Å². The van der Waals surface area contributed by atoms with Crippen molar-refractivity contribution < 1.29 is 98.0 Å². The molecule has 7 N–H and O–H groups in total. The predicted molar refractivity (Wildman–Crippen MR) is 356 cm³/mol. The van der Waals surface area contributed by atoms with Gasteiger partial charge in [-0.15, -0.1) is 0 Å². The predicted octanol–water partition coefficient (Wildman–Crippen LogP) is 12.3. The molecule has 0 aromatic heterocycles. The number of hydrogen-bond acceptors (Lipinski definition) is 15. The molecule has 0 radical (unpaired) electrons. The molecule has 1 saturated heterocycles. The number of unbranched alkanes of at least 4 members (excludes halogenated alkanes) is 4. The van der Waals surface area contributed by atoms with Gasteiger partial charge in [0.15, 0.2) is 6.29 Å². The van der Waals surface area contributed by atoms with Gasteiger partial charge in [-0.05, 0) is 120 Å². The number of aliphatic hydroxyl groups is 1. The van der Waals surface area contributed by atoms with E-state index < -0.39 is 115 Å². The van der Waals surface area contributed by atoms with E-state index in [0.717, 1.165) is 56.0 Å². The van der Waals surface area contributed by atoms with Gasteiger partial charge < -0.3 is 84.4 Å². The smallest absolute Gasteiger partial charge is 0.416 e. The second-order valence-electron chi connectivity index (χ2n) is 23.5. The van der Waals surface area contributed by atoms with Crippen molar-refractivity contribution in [3.05, 3.63) is 179 Å². The Hall–Kier alpha value is -8.70. The molecule has 538 valence electrons. The highest BCUT2D eigenvalue weighted by Gasteiger charge is 2.51. The number of rotatable bonds is 38. The highest BCUT2D eigenvalue weighted by Crippen LogP contribution is 2.35. The molecule has 1 fully saturated rings. The van der Waals surface area contributed by atoms with E-state index in [1.165, 1.54) is 40.6 Å². The summed E-state index contributed by atoms with van der Waals surface area (Å²) in [6.07, 6.45) is -14.2. The zero-order valence-corrected chi connectivity index (χ0v) is 56.1. The van der Waals surface area contributed by atoms with Gasteiger partial charge in [0.25, 0.3) is 0 Å². The molecule has 1 aliphatic rings. The number of alkyl halides is 6. The first-order valence-corrected chi connectivity index (χ1v) is 32.6. The van der Waals surface area contributed by atoms with Crippen LogP contribution < -0.4 is 50.8 Å². The number of halogens is 6. The lowest BCUT2D eigenvalue weighted by atomic mass is 9.95. The largest absolute Gasteiger partial charge is 0.497 e. The van der Waals surface area contributed by atoms with Crippen LogP contribution in [0, 0.1) is 0 Å². The van der Waals surface area contributed by atoms with E-state index in [2.05, 4.69) is 38.8 Å². The molecule has 1 aliphatic heterocycles. The van der Waals surface area contributed by atoms with Gasteiger partial charge >= 0.3 is 24.4 Å². The fourth-order valence-corrected chi connectivity index (χ4v) is 10.8. The summed E-state index contributed by atoms with van der Waals surface area (Å²) < 4.78 is 146. The first-order chi connectivity index (χ1) is 47.6. The number of amides is 6. The summed E-state index contributed by atoms with van der Waals surface area (Å²) in [5, 5.41) is 28.7. The van der Waals surface area contributed by atoms with Crippen molar-refractivity contribution in [1.82, 2.24) is 21.3 Å². The van der Waals surface area contributed by atoms with E-state index >= 15 is 4.79 Å². The van der Waals surface area contributed by atoms with Gasteiger partial charge in [-0.3, -0.25) is 9.59 Å². The third-order valence-corrected chi connectivity index (χ3v) is 16.1. The number of methoxy groups -OCH3 is 4. The average molecular weight is 1390 g/mol. The van der Waals surface area contributed by atoms with Crippen LogP contribution in [0.2, 0.25) is 0 Å². The maximum absolute atomic E-state index is 15.0. The molecule has 1 heterocycles. The number of urea groups is 2. The molecule has 9 atom stereocenters. The maximum Gasteiger partial charge on any atom is 0.416 e. The summed E-state index contributed by atoms with van der Waals surface area (Å²) in [7, 11) is 6.02. The molecule has 6 aromatic rings. The summed E-state index contributed by atoms with van der Waals surface area (Å²) in [4.78, 5) is 57.6. The van der Waals surface area contributed by atoms with Crippen LogP contribution in [0.3, 0.4) is 0 Å². The molecular formula is C72H88F6N6O15. The average Bonchev–Trinajstić information content (AvgIpc) is 0.779. The Kier molecular flexibility index (Phi) is 30.7. The minimum Gasteiger partial charge on any atom is -0.497 e. The van der Waals surface area contributed by atoms with Crippen LogP contribution in [0.1, 0.15) is 98.6 Å². The van der Waals surface area contributed by atoms with Crippen LogP contribution in [0.4, 0.5) is 47.3 Å². The van der Waals surface area contributed by atoms with Gasteiger partial charge in [0.05, 0.1) is 85.2 Å². The van der Waals surface area contributed by atoms with Gasteiger partial charge in [0, 0.05) is 24.3 Å². The van der Waals surface area contributed by atoms with Crippen LogP contribution in [-0.2, 0) is 76.8 Å². The summed E-state index contributed by atoms with van der Waals surface area (Å²) in [6.45, 7) is 1.79. The topological polar surface area (TPSA) is 253 Å². The molecule has 0 bridgehead atoms. The molecule has 0 aliphatic carbocycles. The monoisotopic (exact) mass is 1390 g/mol. The van der Waals surface area contributed by atoms with Crippen LogP contribution >= 0.6 is 0 Å². The normalized spacial score (nSPS) is 17.4. The fraction of sp³-hybridized carbons (Fsp3) is 0.444. The Balaban J connectivity index is 1.37. The Morgan fingerprint density at radius 3 is 1.52 bits per heavy atom. The van der Waals surface area contributed by atoms with Gasteiger partial charge in [0.1, 0.15) is 65.6 Å². The number of aliphatic hydroxyl groups excluding tert-OH is 1. The van der Waals surface area contributed by atoms with Crippen molar-refractivity contribution >= 4 is 35.3 Å². The van der Waals surface area contributed by atoms with Crippen LogP contribution in [-0.4, -0.2) is 132 Å². The summed E-state index contributed by atoms with van der Waals surface area (Å²) in [5.41, 5.74) is -0.165. The SMILES string of the molecule is CCCCCCCC(=O)NC(CCC)C(=O)N[C@@H](C(O)COCc1ccc(OC)cc1)[C@@H](CNC(=O)Nc1cccc(C(F)(F)F)c1)O[C@@H]1OC(COCc2ccc(OC)cc2)[C@H](OCc2ccc(OC)cc2)[C@H](OCc2ccc(OC)cc2)C1NC(=O)Nc1cccc(C(F)(F)F)c1. The zero-order chi connectivity index (χ0) is 71.3. The number of ether oxygens (including phenoxy) is 10. The minimum absolute atomic E-state index is 0.0162. The Morgan fingerprint density at radius 1 is 0.556 bits per heavy atom. The highest BCUT2D eigenvalue weighted by atomic mass is 19.4. The second-order valence-corrected chi connectivity index (χ2v) is 23.5. The van der Waals surface area contributed by atoms with Crippen LogP contribution in [0.25, 0.3) is 0 Å². The fourth-order valence-electron chi connectivity index (χ4n) is 10.8. The molecule has 21 nitrogen and oxygen atoms in total. The van der Waals surface area contributed by atoms with Crippen LogP contribution in [0.15, 0.2) is 146 Å². The van der Waals surface area contributed by atoms with Crippen LogP contribution in [0.5, 0.6) is 23.0 Å². The van der Waals surface area contributed by atoms with E-state index in [1.54, 1.807) is 104 Å². The number of hydrogen-bond donors (Lipinski definition) is 7. The first-order valence-electron chi connectivity index (χ1n) is 32.6. The van der Waals surface area contributed by atoms with E-state index in [1.807, 2.05) is 0 Å².